The van der Waals surface area contributed by atoms with Crippen LogP contribution in [0.1, 0.15) is 19.4 Å². The highest BCUT2D eigenvalue weighted by molar-refractivity contribution is 5.55. The summed E-state index contributed by atoms with van der Waals surface area (Å²) in [5.74, 6) is -0.489. The lowest BCUT2D eigenvalue weighted by Crippen LogP contribution is -2.23. The molecule has 0 aliphatic carbocycles. The molecule has 3 aromatic rings. The lowest BCUT2D eigenvalue weighted by molar-refractivity contribution is 0.113. The third kappa shape index (κ3) is 5.13. The number of nitrogens with zero attached hydrogens (tertiary/aromatic N) is 5. The summed E-state index contributed by atoms with van der Waals surface area (Å²) in [6, 6.07) is 4.22. The van der Waals surface area contributed by atoms with Gasteiger partial charge in [0.15, 0.2) is 0 Å². The minimum Gasteiger partial charge on any atom is -0.460 e. The van der Waals surface area contributed by atoms with Crippen LogP contribution in [-0.4, -0.2) is 37.0 Å². The Kier molecular flexibility index (Phi) is 5.20. The summed E-state index contributed by atoms with van der Waals surface area (Å²) in [5, 5.41) is 4.26. The molecule has 27 heavy (non-hydrogen) atoms. The number of alkyl halides is 1. The molecule has 0 N–H and O–H groups in total. The fourth-order valence-electron chi connectivity index (χ4n) is 2.19. The van der Waals surface area contributed by atoms with E-state index in [-0.39, 0.29) is 24.7 Å². The highest BCUT2D eigenvalue weighted by atomic mass is 19.1. The first-order chi connectivity index (χ1) is 12.8. The predicted molar refractivity (Wildman–Crippen MR) is 93.5 cm³/mol. The average molecular weight is 373 g/mol. The van der Waals surface area contributed by atoms with E-state index in [1.807, 2.05) is 0 Å². The van der Waals surface area contributed by atoms with Crippen molar-refractivity contribution in [3.63, 3.8) is 0 Å². The van der Waals surface area contributed by atoms with Crippen molar-refractivity contribution in [2.24, 2.45) is 0 Å². The van der Waals surface area contributed by atoms with Gasteiger partial charge in [0.1, 0.15) is 18.1 Å². The Morgan fingerprint density at radius 1 is 1.15 bits per heavy atom. The molecule has 0 fully saturated rings. The Hall–Kier alpha value is -3.23. The number of rotatable bonds is 6. The van der Waals surface area contributed by atoms with Gasteiger partial charge in [0.2, 0.25) is 0 Å². The van der Waals surface area contributed by atoms with E-state index in [1.54, 1.807) is 0 Å². The van der Waals surface area contributed by atoms with Crippen molar-refractivity contribution in [2.45, 2.75) is 26.1 Å². The topological polar surface area (TPSA) is 82.8 Å². The lowest BCUT2D eigenvalue weighted by Gasteiger charge is -2.13. The fourth-order valence-corrected chi connectivity index (χ4v) is 2.19. The molecule has 0 aliphatic rings. The summed E-state index contributed by atoms with van der Waals surface area (Å²) >= 11 is 0. The first-order valence-corrected chi connectivity index (χ1v) is 8.12. The SMILES string of the molecule is CC(C)(F)COc1ncc(-c2ccc(=O)n(Cc3cncc(F)c3)n2)cn1. The summed E-state index contributed by atoms with van der Waals surface area (Å²) in [7, 11) is 0. The third-order valence-electron chi connectivity index (χ3n) is 3.43. The van der Waals surface area contributed by atoms with Crippen LogP contribution in [0.5, 0.6) is 6.01 Å². The number of hydrogen-bond donors (Lipinski definition) is 0. The van der Waals surface area contributed by atoms with Crippen molar-refractivity contribution in [1.82, 2.24) is 24.7 Å². The number of hydrogen-bond acceptors (Lipinski definition) is 6. The molecule has 9 heteroatoms. The molecule has 0 atom stereocenters. The predicted octanol–water partition coefficient (Wildman–Crippen LogP) is 2.41. The van der Waals surface area contributed by atoms with Crippen LogP contribution in [0.4, 0.5) is 8.78 Å². The number of pyridine rings is 1. The molecule has 3 rings (SSSR count). The summed E-state index contributed by atoms with van der Waals surface area (Å²) < 4.78 is 33.1. The zero-order valence-electron chi connectivity index (χ0n) is 14.8. The molecule has 0 aliphatic heterocycles. The summed E-state index contributed by atoms with van der Waals surface area (Å²) in [4.78, 5) is 23.8. The van der Waals surface area contributed by atoms with Crippen molar-refractivity contribution in [1.29, 1.82) is 0 Å². The third-order valence-corrected chi connectivity index (χ3v) is 3.43. The van der Waals surface area contributed by atoms with Gasteiger partial charge < -0.3 is 4.74 Å². The van der Waals surface area contributed by atoms with Crippen LogP contribution >= 0.6 is 0 Å². The maximum atomic E-state index is 13.5. The van der Waals surface area contributed by atoms with Gasteiger partial charge >= 0.3 is 6.01 Å². The van der Waals surface area contributed by atoms with Crippen molar-refractivity contribution in [3.05, 3.63) is 64.7 Å². The van der Waals surface area contributed by atoms with E-state index in [1.165, 1.54) is 55.3 Å². The van der Waals surface area contributed by atoms with Gasteiger partial charge in [0.25, 0.3) is 5.56 Å². The molecule has 0 unspecified atom stereocenters. The Morgan fingerprint density at radius 2 is 1.89 bits per heavy atom. The van der Waals surface area contributed by atoms with Crippen LogP contribution in [0.25, 0.3) is 11.3 Å². The van der Waals surface area contributed by atoms with Crippen molar-refractivity contribution in [2.75, 3.05) is 6.61 Å². The van der Waals surface area contributed by atoms with Gasteiger partial charge in [-0.05, 0) is 31.5 Å². The average Bonchev–Trinajstić information content (AvgIpc) is 2.62. The van der Waals surface area contributed by atoms with E-state index in [9.17, 15) is 13.6 Å². The molecule has 0 amide bonds. The maximum Gasteiger partial charge on any atom is 0.316 e. The molecule has 0 saturated carbocycles. The van der Waals surface area contributed by atoms with Crippen molar-refractivity contribution >= 4 is 0 Å². The number of ether oxygens (including phenoxy) is 1. The molecule has 0 radical (unpaired) electrons. The van der Waals surface area contributed by atoms with E-state index in [0.29, 0.717) is 16.8 Å². The summed E-state index contributed by atoms with van der Waals surface area (Å²) in [6.45, 7) is 2.69. The van der Waals surface area contributed by atoms with E-state index in [2.05, 4.69) is 20.1 Å². The molecule has 0 aromatic carbocycles. The smallest absolute Gasteiger partial charge is 0.316 e. The molecule has 0 saturated heterocycles. The van der Waals surface area contributed by atoms with E-state index >= 15 is 0 Å². The lowest BCUT2D eigenvalue weighted by atomic mass is 10.2. The minimum atomic E-state index is -1.50. The Labute approximate surface area is 153 Å². The molecular weight excluding hydrogens is 356 g/mol. The maximum absolute atomic E-state index is 13.5. The second kappa shape index (κ2) is 7.56. The molecular formula is C18H17F2N5O2. The Balaban J connectivity index is 1.80. The number of halogens is 2. The van der Waals surface area contributed by atoms with E-state index in [0.717, 1.165) is 6.20 Å². The molecule has 3 heterocycles. The Morgan fingerprint density at radius 3 is 2.56 bits per heavy atom. The van der Waals surface area contributed by atoms with Gasteiger partial charge in [-0.3, -0.25) is 9.78 Å². The van der Waals surface area contributed by atoms with E-state index < -0.39 is 11.5 Å². The van der Waals surface area contributed by atoms with Gasteiger partial charge in [-0.25, -0.2) is 23.4 Å². The quantitative estimate of drug-likeness (QED) is 0.660. The van der Waals surface area contributed by atoms with Crippen molar-refractivity contribution < 1.29 is 13.5 Å². The minimum absolute atomic E-state index is 0.0450. The number of aromatic nitrogens is 5. The summed E-state index contributed by atoms with van der Waals surface area (Å²) in [5.41, 5.74) is -0.320. The standard InChI is InChI=1S/C18H17F2N5O2/c1-18(2,20)11-27-17-22-7-13(8-23-17)15-3-4-16(26)25(24-15)10-12-5-14(19)9-21-6-12/h3-9H,10-11H2,1-2H3. The van der Waals surface area contributed by atoms with Gasteiger partial charge in [-0.15, -0.1) is 0 Å². The second-order valence-electron chi connectivity index (χ2n) is 6.49. The second-order valence-corrected chi connectivity index (χ2v) is 6.49. The molecule has 7 nitrogen and oxygen atoms in total. The zero-order chi connectivity index (χ0) is 19.4. The zero-order valence-corrected chi connectivity index (χ0v) is 14.8. The first kappa shape index (κ1) is 18.6. The monoisotopic (exact) mass is 373 g/mol. The van der Waals surface area contributed by atoms with Crippen LogP contribution < -0.4 is 10.3 Å². The van der Waals surface area contributed by atoms with Crippen LogP contribution in [0, 0.1) is 5.82 Å². The highest BCUT2D eigenvalue weighted by Crippen LogP contribution is 2.16. The highest BCUT2D eigenvalue weighted by Gasteiger charge is 2.17. The van der Waals surface area contributed by atoms with Crippen LogP contribution in [-0.2, 0) is 6.54 Å². The Bertz CT molecular complexity index is 984. The first-order valence-electron chi connectivity index (χ1n) is 8.12. The van der Waals surface area contributed by atoms with E-state index in [4.69, 9.17) is 4.74 Å². The van der Waals surface area contributed by atoms with Gasteiger partial charge in [0, 0.05) is 30.2 Å². The van der Waals surface area contributed by atoms with Crippen molar-refractivity contribution in [3.8, 4) is 17.3 Å². The molecule has 3 aromatic heterocycles. The molecule has 140 valence electrons. The van der Waals surface area contributed by atoms with Gasteiger partial charge in [-0.2, -0.15) is 5.10 Å². The largest absolute Gasteiger partial charge is 0.460 e. The van der Waals surface area contributed by atoms with Gasteiger partial charge in [-0.1, -0.05) is 0 Å². The summed E-state index contributed by atoms with van der Waals surface area (Å²) in [6.07, 6.45) is 5.48. The van der Waals surface area contributed by atoms with Crippen LogP contribution in [0.15, 0.2) is 47.8 Å². The molecule has 0 spiro atoms. The van der Waals surface area contributed by atoms with Crippen LogP contribution in [0.3, 0.4) is 0 Å². The van der Waals surface area contributed by atoms with Gasteiger partial charge in [0.05, 0.1) is 18.4 Å². The molecule has 0 bridgehead atoms. The normalized spacial score (nSPS) is 11.4. The van der Waals surface area contributed by atoms with Crippen LogP contribution in [0.2, 0.25) is 0 Å². The fraction of sp³-hybridized carbons (Fsp3) is 0.278.